The Bertz CT molecular complexity index is 1400. The number of halogens is 1. The number of nitro groups is 1. The van der Waals surface area contributed by atoms with Crippen molar-refractivity contribution in [3.05, 3.63) is 98.5 Å². The van der Waals surface area contributed by atoms with Gasteiger partial charge in [0.1, 0.15) is 22.6 Å². The average Bonchev–Trinajstić information content (AvgIpc) is 2.80. The number of carbonyl (C=O) groups is 1. The summed E-state index contributed by atoms with van der Waals surface area (Å²) in [5.41, 5.74) is 1.45. The van der Waals surface area contributed by atoms with Gasteiger partial charge in [0.05, 0.1) is 12.0 Å². The van der Waals surface area contributed by atoms with E-state index in [4.69, 9.17) is 9.15 Å². The van der Waals surface area contributed by atoms with Crippen LogP contribution in [0.4, 0.5) is 17.1 Å². The number of non-ortho nitro benzene ring substituents is 1. The lowest BCUT2D eigenvalue weighted by atomic mass is 10.1. The molecule has 160 valence electrons. The Balaban J connectivity index is 1.89. The smallest absolute Gasteiger partial charge is 0.270 e. The number of amides is 1. The Morgan fingerprint density at radius 2 is 1.84 bits per heavy atom. The molecule has 0 unspecified atom stereocenters. The summed E-state index contributed by atoms with van der Waals surface area (Å²) in [5.74, 6) is 0.0314. The zero-order chi connectivity index (χ0) is 22.7. The van der Waals surface area contributed by atoms with E-state index in [0.717, 1.165) is 4.47 Å². The van der Waals surface area contributed by atoms with E-state index in [1.54, 1.807) is 48.5 Å². The zero-order valence-electron chi connectivity index (χ0n) is 16.7. The first-order valence-corrected chi connectivity index (χ1v) is 10.2. The highest BCUT2D eigenvalue weighted by Gasteiger charge is 2.16. The van der Waals surface area contributed by atoms with Gasteiger partial charge in [0.15, 0.2) is 0 Å². The molecule has 0 radical (unpaired) electrons. The second-order valence-corrected chi connectivity index (χ2v) is 7.60. The largest absolute Gasteiger partial charge is 0.494 e. The standard InChI is InChI=1S/C23H16BrN3O5/c1-31-21-5-3-2-4-19(21)26-23-18(22(28)25-16-8-6-15(24)7-9-16)13-14-12-17(27(29)30)10-11-20(14)32-23/h2-13H,1H3,(H,25,28). The molecular formula is C23H16BrN3O5. The molecule has 1 N–H and O–H groups in total. The van der Waals surface area contributed by atoms with Gasteiger partial charge in [-0.05, 0) is 48.5 Å². The molecule has 4 aromatic rings. The first-order chi connectivity index (χ1) is 15.4. The first-order valence-electron chi connectivity index (χ1n) is 9.41. The Morgan fingerprint density at radius 3 is 2.56 bits per heavy atom. The summed E-state index contributed by atoms with van der Waals surface area (Å²) in [6.07, 6.45) is 0. The predicted molar refractivity (Wildman–Crippen MR) is 123 cm³/mol. The number of hydrogen-bond donors (Lipinski definition) is 1. The van der Waals surface area contributed by atoms with Gasteiger partial charge in [-0.2, -0.15) is 0 Å². The van der Waals surface area contributed by atoms with E-state index in [1.807, 2.05) is 0 Å². The summed E-state index contributed by atoms with van der Waals surface area (Å²) in [7, 11) is 1.52. The number of hydrogen-bond acceptors (Lipinski definition) is 6. The van der Waals surface area contributed by atoms with Crippen LogP contribution in [0.3, 0.4) is 0 Å². The number of ether oxygens (including phenoxy) is 1. The summed E-state index contributed by atoms with van der Waals surface area (Å²) < 4.78 is 12.1. The fourth-order valence-corrected chi connectivity index (χ4v) is 3.30. The maximum absolute atomic E-state index is 13.1. The summed E-state index contributed by atoms with van der Waals surface area (Å²) in [6.45, 7) is 0. The van der Waals surface area contributed by atoms with Crippen LogP contribution < -0.4 is 15.6 Å². The Labute approximate surface area is 190 Å². The minimum Gasteiger partial charge on any atom is -0.494 e. The molecule has 4 rings (SSSR count). The van der Waals surface area contributed by atoms with Crippen LogP contribution in [0, 0.1) is 10.1 Å². The fraction of sp³-hybridized carbons (Fsp3) is 0.0435. The lowest BCUT2D eigenvalue weighted by molar-refractivity contribution is -0.384. The average molecular weight is 494 g/mol. The highest BCUT2D eigenvalue weighted by molar-refractivity contribution is 9.10. The number of nitrogens with one attached hydrogen (secondary N) is 1. The molecule has 1 aromatic heterocycles. The second-order valence-electron chi connectivity index (χ2n) is 6.69. The quantitative estimate of drug-likeness (QED) is 0.287. The van der Waals surface area contributed by atoms with Gasteiger partial charge < -0.3 is 14.5 Å². The second kappa shape index (κ2) is 9.03. The highest BCUT2D eigenvalue weighted by atomic mass is 79.9. The maximum atomic E-state index is 13.1. The molecule has 0 saturated heterocycles. The third-order valence-electron chi connectivity index (χ3n) is 4.59. The molecule has 0 saturated carbocycles. The van der Waals surface area contributed by atoms with E-state index in [0.29, 0.717) is 28.1 Å². The Morgan fingerprint density at radius 1 is 1.09 bits per heavy atom. The van der Waals surface area contributed by atoms with Crippen LogP contribution in [0.1, 0.15) is 10.4 Å². The molecule has 3 aromatic carbocycles. The minimum atomic E-state index is -0.506. The molecule has 0 aliphatic heterocycles. The summed E-state index contributed by atoms with van der Waals surface area (Å²) in [4.78, 5) is 28.3. The lowest BCUT2D eigenvalue weighted by Crippen LogP contribution is -2.21. The van der Waals surface area contributed by atoms with Crippen LogP contribution in [0.15, 0.2) is 86.7 Å². The van der Waals surface area contributed by atoms with Crippen LogP contribution in [0.5, 0.6) is 5.75 Å². The fourth-order valence-electron chi connectivity index (χ4n) is 3.04. The van der Waals surface area contributed by atoms with E-state index in [9.17, 15) is 14.9 Å². The van der Waals surface area contributed by atoms with Crippen LogP contribution >= 0.6 is 15.9 Å². The van der Waals surface area contributed by atoms with Crippen molar-refractivity contribution in [3.63, 3.8) is 0 Å². The summed E-state index contributed by atoms with van der Waals surface area (Å²) in [6, 6.07) is 19.8. The van der Waals surface area contributed by atoms with Crippen molar-refractivity contribution in [1.82, 2.24) is 0 Å². The topological polar surface area (TPSA) is 107 Å². The molecule has 9 heteroatoms. The minimum absolute atomic E-state index is 0.0467. The molecule has 1 heterocycles. The number of carbonyl (C=O) groups excluding carboxylic acids is 1. The van der Waals surface area contributed by atoms with Gasteiger partial charge in [0.2, 0.25) is 5.55 Å². The van der Waals surface area contributed by atoms with E-state index >= 15 is 0 Å². The van der Waals surface area contributed by atoms with Gasteiger partial charge in [0.25, 0.3) is 11.6 Å². The van der Waals surface area contributed by atoms with Crippen LogP contribution in [-0.2, 0) is 0 Å². The number of para-hydroxylation sites is 2. The number of methoxy groups -OCH3 is 1. The van der Waals surface area contributed by atoms with E-state index in [1.165, 1.54) is 31.4 Å². The van der Waals surface area contributed by atoms with Crippen LogP contribution in [0.25, 0.3) is 11.0 Å². The maximum Gasteiger partial charge on any atom is 0.270 e. The molecule has 0 spiro atoms. The molecule has 1 amide bonds. The number of nitro benzene ring substituents is 1. The molecule has 0 bridgehead atoms. The Hall–Kier alpha value is -3.98. The molecule has 0 aliphatic rings. The SMILES string of the molecule is COc1ccccc1N=c1oc2ccc([N+](=O)[O-])cc2cc1C(=O)Nc1ccc(Br)cc1. The number of anilines is 1. The van der Waals surface area contributed by atoms with E-state index < -0.39 is 10.8 Å². The van der Waals surface area contributed by atoms with Crippen LogP contribution in [-0.4, -0.2) is 17.9 Å². The Kier molecular flexibility index (Phi) is 6.00. The third kappa shape index (κ3) is 4.52. The van der Waals surface area contributed by atoms with Crippen molar-refractivity contribution in [2.75, 3.05) is 12.4 Å². The molecule has 0 atom stereocenters. The monoisotopic (exact) mass is 493 g/mol. The number of benzene rings is 3. The number of fused-ring (bicyclic) bond motifs is 1. The third-order valence-corrected chi connectivity index (χ3v) is 5.12. The lowest BCUT2D eigenvalue weighted by Gasteiger charge is -2.08. The van der Waals surface area contributed by atoms with Crippen molar-refractivity contribution in [2.45, 2.75) is 0 Å². The summed E-state index contributed by atoms with van der Waals surface area (Å²) >= 11 is 3.35. The molecule has 8 nitrogen and oxygen atoms in total. The normalized spacial score (nSPS) is 11.4. The molecular weight excluding hydrogens is 478 g/mol. The molecule has 0 fully saturated rings. The zero-order valence-corrected chi connectivity index (χ0v) is 18.3. The summed E-state index contributed by atoms with van der Waals surface area (Å²) in [5, 5.41) is 14.4. The number of nitrogens with zero attached hydrogens (tertiary/aromatic N) is 2. The van der Waals surface area contributed by atoms with Gasteiger partial charge in [-0.15, -0.1) is 0 Å². The molecule has 32 heavy (non-hydrogen) atoms. The first kappa shape index (κ1) is 21.3. The van der Waals surface area contributed by atoms with Crippen molar-refractivity contribution in [1.29, 1.82) is 0 Å². The van der Waals surface area contributed by atoms with Crippen molar-refractivity contribution >= 4 is 49.9 Å². The predicted octanol–water partition coefficient (Wildman–Crippen LogP) is 5.60. The van der Waals surface area contributed by atoms with Gasteiger partial charge in [-0.3, -0.25) is 14.9 Å². The van der Waals surface area contributed by atoms with Crippen molar-refractivity contribution < 1.29 is 18.9 Å². The van der Waals surface area contributed by atoms with Crippen LogP contribution in [0.2, 0.25) is 0 Å². The van der Waals surface area contributed by atoms with Gasteiger partial charge >= 0.3 is 0 Å². The molecule has 0 aliphatic carbocycles. The van der Waals surface area contributed by atoms with Crippen molar-refractivity contribution in [2.24, 2.45) is 4.99 Å². The van der Waals surface area contributed by atoms with Gasteiger partial charge in [-0.1, -0.05) is 28.1 Å². The van der Waals surface area contributed by atoms with Gasteiger partial charge in [0, 0.05) is 27.7 Å². The highest BCUT2D eigenvalue weighted by Crippen LogP contribution is 2.27. The number of rotatable bonds is 5. The van der Waals surface area contributed by atoms with Gasteiger partial charge in [-0.25, -0.2) is 4.99 Å². The van der Waals surface area contributed by atoms with Crippen molar-refractivity contribution in [3.8, 4) is 5.75 Å². The van der Waals surface area contributed by atoms with E-state index in [-0.39, 0.29) is 16.8 Å². The van der Waals surface area contributed by atoms with E-state index in [2.05, 4.69) is 26.2 Å².